The molecule has 0 fully saturated rings. The van der Waals surface area contributed by atoms with Gasteiger partial charge in [0.25, 0.3) is 0 Å². The number of nitrogens with zero attached hydrogens (tertiary/aromatic N) is 2. The van der Waals surface area contributed by atoms with Crippen molar-refractivity contribution in [2.45, 2.75) is 12.5 Å². The lowest BCUT2D eigenvalue weighted by molar-refractivity contribution is -0.0198. The largest absolute Gasteiger partial charge is 0.399 e. The van der Waals surface area contributed by atoms with Gasteiger partial charge < -0.3 is 25.3 Å². The zero-order chi connectivity index (χ0) is 24.1. The molecule has 1 aromatic rings. The Kier molecular flexibility index (Phi) is 15.0. The first-order valence-corrected chi connectivity index (χ1v) is 13.9. The molecule has 15 nitrogen and oxygen atoms in total. The first-order valence-electron chi connectivity index (χ1n) is 8.80. The van der Waals surface area contributed by atoms with Crippen molar-refractivity contribution in [3.8, 4) is 0 Å². The molecule has 186 valence electrons. The minimum Gasteiger partial charge on any atom is -0.399 e. The average molecular weight is 541 g/mol. The van der Waals surface area contributed by atoms with E-state index in [-0.39, 0.29) is 13.0 Å². The molecule has 5 unspecified atom stereocenters. The number of hydrogen-bond donors (Lipinski definition) is 5. The third kappa shape index (κ3) is 13.9. The van der Waals surface area contributed by atoms with Gasteiger partial charge in [-0.15, -0.1) is 0 Å². The molecule has 1 aromatic carbocycles. The van der Waals surface area contributed by atoms with Gasteiger partial charge in [0.05, 0.1) is 0 Å². The van der Waals surface area contributed by atoms with Crippen LogP contribution in [-0.4, -0.2) is 68.9 Å². The van der Waals surface area contributed by atoms with Crippen molar-refractivity contribution in [1.29, 1.82) is 0 Å². The summed E-state index contributed by atoms with van der Waals surface area (Å²) in [6.45, 7) is -1.90. The summed E-state index contributed by atoms with van der Waals surface area (Å²) in [5.74, 6) is 0. The fraction of sp³-hybridized carbons (Fsp3) is 0.538. The summed E-state index contributed by atoms with van der Waals surface area (Å²) in [4.78, 5) is 38.5. The maximum absolute atomic E-state index is 11.0. The summed E-state index contributed by atoms with van der Waals surface area (Å²) in [5, 5.41) is 0. The molecule has 0 amide bonds. The summed E-state index contributed by atoms with van der Waals surface area (Å²) >= 11 is 0. The van der Waals surface area contributed by atoms with Crippen LogP contribution in [0.1, 0.15) is 5.56 Å². The predicted molar refractivity (Wildman–Crippen MR) is 116 cm³/mol. The van der Waals surface area contributed by atoms with E-state index in [4.69, 9.17) is 34.4 Å². The Balaban J connectivity index is 3.13. The van der Waals surface area contributed by atoms with Crippen LogP contribution in [0.25, 0.3) is 0 Å². The Labute approximate surface area is 186 Å². The van der Waals surface area contributed by atoms with Crippen LogP contribution in [0.4, 0.5) is 5.69 Å². The number of nitrogens with two attached hydrogens (primary N) is 1. The summed E-state index contributed by atoms with van der Waals surface area (Å²) in [7, 11) is -13.3. The molecule has 0 saturated heterocycles. The molecule has 0 bridgehead atoms. The van der Waals surface area contributed by atoms with Gasteiger partial charge in [-0.2, -0.15) is 0 Å². The van der Waals surface area contributed by atoms with Gasteiger partial charge in [0, 0.05) is 18.3 Å². The second kappa shape index (κ2) is 16.2. The Bertz CT molecular complexity index is 750. The lowest BCUT2D eigenvalue weighted by atomic mass is 10.0. The van der Waals surface area contributed by atoms with Gasteiger partial charge >= 0.3 is 33.0 Å². The van der Waals surface area contributed by atoms with Crippen molar-refractivity contribution in [1.82, 2.24) is 9.80 Å². The highest BCUT2D eigenvalue weighted by Crippen LogP contribution is 2.23. The highest BCUT2D eigenvalue weighted by atomic mass is 31.1. The van der Waals surface area contributed by atoms with Gasteiger partial charge in [0.15, 0.2) is 0 Å². The quantitative estimate of drug-likeness (QED) is 0.101. The van der Waals surface area contributed by atoms with Crippen LogP contribution in [0, 0.1) is 0 Å². The average Bonchev–Trinajstić information content (AvgIpc) is 2.70. The third-order valence-electron chi connectivity index (χ3n) is 3.89. The van der Waals surface area contributed by atoms with Crippen LogP contribution < -0.4 is 5.73 Å². The Hall–Kier alpha value is -0.460. The van der Waals surface area contributed by atoms with Gasteiger partial charge in [-0.25, -0.2) is 0 Å². The lowest BCUT2D eigenvalue weighted by Gasteiger charge is -2.34. The predicted octanol–water partition coefficient (Wildman–Crippen LogP) is 0.208. The lowest BCUT2D eigenvalue weighted by Crippen LogP contribution is -2.47. The molecule has 0 aromatic heterocycles. The fourth-order valence-electron chi connectivity index (χ4n) is 2.49. The third-order valence-corrected chi connectivity index (χ3v) is 5.39. The highest BCUT2D eigenvalue weighted by Gasteiger charge is 2.24. The van der Waals surface area contributed by atoms with E-state index in [2.05, 4.69) is 9.05 Å². The maximum Gasteiger partial charge on any atom is 0.317 e. The fourth-order valence-corrected chi connectivity index (χ4v) is 3.63. The molecule has 6 N–H and O–H groups in total. The van der Waals surface area contributed by atoms with Crippen LogP contribution in [0.5, 0.6) is 0 Å². The molecule has 1 rings (SSSR count). The normalized spacial score (nSPS) is 16.7. The van der Waals surface area contributed by atoms with Crippen LogP contribution in [-0.2, 0) is 42.8 Å². The molecule has 0 heterocycles. The second-order valence-corrected chi connectivity index (χ2v) is 9.48. The molecule has 0 saturated carbocycles. The molecule has 32 heavy (non-hydrogen) atoms. The van der Waals surface area contributed by atoms with E-state index >= 15 is 0 Å². The summed E-state index contributed by atoms with van der Waals surface area (Å²) < 4.78 is 62.9. The van der Waals surface area contributed by atoms with Crippen molar-refractivity contribution in [2.24, 2.45) is 0 Å². The molecular weight excluding hydrogens is 514 g/mol. The maximum atomic E-state index is 11.0. The Morgan fingerprint density at radius 2 is 1.16 bits per heavy atom. The standard InChI is InChI=1S/C13H27N3O12P4/c14-12-3-1-11(2-4-12)5-13(16(9-27-31(21)22)10-28-32(23)24)6-15(7-25-29(17)18)8-26-30(19)20/h1-4,13,29-32H,5-10,14H2,(H,17,18)(H,19,20)(H,21,22)(H,23,24). The zero-order valence-corrected chi connectivity index (χ0v) is 20.7. The summed E-state index contributed by atoms with van der Waals surface area (Å²) in [5.41, 5.74) is 6.94. The van der Waals surface area contributed by atoms with E-state index in [0.29, 0.717) is 5.69 Å². The van der Waals surface area contributed by atoms with Crippen molar-refractivity contribution in [3.63, 3.8) is 0 Å². The van der Waals surface area contributed by atoms with Crippen LogP contribution >= 0.6 is 33.0 Å². The second-order valence-electron chi connectivity index (χ2n) is 6.20. The van der Waals surface area contributed by atoms with Gasteiger partial charge in [-0.1, -0.05) is 12.1 Å². The van der Waals surface area contributed by atoms with Crippen LogP contribution in [0.3, 0.4) is 0 Å². The molecule has 0 aliphatic rings. The Morgan fingerprint density at radius 1 is 0.750 bits per heavy atom. The molecule has 0 aliphatic heterocycles. The molecular formula is C13H27N3O12P4. The Morgan fingerprint density at radius 3 is 1.56 bits per heavy atom. The van der Waals surface area contributed by atoms with E-state index in [1.807, 2.05) is 0 Å². The topological polar surface area (TPSA) is 219 Å². The monoisotopic (exact) mass is 541 g/mol. The number of nitrogen functional groups attached to an aromatic ring is 1. The van der Waals surface area contributed by atoms with Gasteiger partial charge in [0.1, 0.15) is 26.9 Å². The SMILES string of the molecule is Nc1ccc(CC(CN(CO[PH](=O)O)CO[PH](=O)O)N(CO[PH](=O)O)CO[PH](=O)O)cc1. The minimum absolute atomic E-state index is 0.0554. The highest BCUT2D eigenvalue weighted by molar-refractivity contribution is 7.32. The minimum atomic E-state index is -3.35. The van der Waals surface area contributed by atoms with Gasteiger partial charge in [-0.05, 0) is 24.1 Å². The van der Waals surface area contributed by atoms with E-state index in [1.54, 1.807) is 24.3 Å². The van der Waals surface area contributed by atoms with Crippen molar-refractivity contribution in [3.05, 3.63) is 29.8 Å². The van der Waals surface area contributed by atoms with Crippen molar-refractivity contribution >= 4 is 38.7 Å². The summed E-state index contributed by atoms with van der Waals surface area (Å²) in [6, 6.07) is 6.03. The van der Waals surface area contributed by atoms with Crippen molar-refractivity contribution < 1.29 is 55.9 Å². The first kappa shape index (κ1) is 29.6. The summed E-state index contributed by atoms with van der Waals surface area (Å²) in [6.07, 6.45) is 0.227. The number of rotatable bonds is 17. The van der Waals surface area contributed by atoms with Crippen LogP contribution in [0.15, 0.2) is 24.3 Å². The molecule has 19 heteroatoms. The zero-order valence-electron chi connectivity index (χ0n) is 16.7. The molecule has 0 spiro atoms. The van der Waals surface area contributed by atoms with Crippen molar-refractivity contribution in [2.75, 3.05) is 39.2 Å². The van der Waals surface area contributed by atoms with Gasteiger partial charge in [0.2, 0.25) is 0 Å². The van der Waals surface area contributed by atoms with Crippen LogP contribution in [0.2, 0.25) is 0 Å². The van der Waals surface area contributed by atoms with E-state index in [9.17, 15) is 18.3 Å². The van der Waals surface area contributed by atoms with E-state index < -0.39 is 66.0 Å². The number of benzene rings is 1. The smallest absolute Gasteiger partial charge is 0.317 e. The van der Waals surface area contributed by atoms with E-state index in [1.165, 1.54) is 9.80 Å². The molecule has 5 atom stereocenters. The molecule has 0 aliphatic carbocycles. The number of anilines is 1. The van der Waals surface area contributed by atoms with Gasteiger partial charge in [-0.3, -0.25) is 46.2 Å². The first-order chi connectivity index (χ1) is 15.1. The molecule has 0 radical (unpaired) electrons. The van der Waals surface area contributed by atoms with E-state index in [0.717, 1.165) is 5.56 Å². The number of hydrogen-bond acceptors (Lipinski definition) is 11.